The maximum Gasteiger partial charge on any atom is 0.417 e. The van der Waals surface area contributed by atoms with Gasteiger partial charge in [-0.1, -0.05) is 35.9 Å². The standard InChI is InChI=1S/C16H9ClF3NO2/c17-12-7-9(16(18,19)20)8-21-15(12)23-14-6-2-3-10-11(14)4-1-5-13(10)22/h1-8,22H. The first-order valence-corrected chi connectivity index (χ1v) is 6.85. The number of phenolic OH excluding ortho intramolecular Hbond substituents is 1. The van der Waals surface area contributed by atoms with Crippen molar-refractivity contribution in [2.45, 2.75) is 6.18 Å². The number of phenols is 1. The normalized spacial score (nSPS) is 11.7. The second-order valence-corrected chi connectivity index (χ2v) is 5.15. The van der Waals surface area contributed by atoms with Crippen molar-refractivity contribution in [2.24, 2.45) is 0 Å². The molecule has 3 rings (SSSR count). The number of rotatable bonds is 2. The van der Waals surface area contributed by atoms with E-state index in [0.717, 1.165) is 6.07 Å². The van der Waals surface area contributed by atoms with E-state index >= 15 is 0 Å². The molecule has 0 spiro atoms. The van der Waals surface area contributed by atoms with E-state index in [1.165, 1.54) is 6.07 Å². The van der Waals surface area contributed by atoms with Crippen molar-refractivity contribution in [3.8, 4) is 17.4 Å². The third-order valence-electron chi connectivity index (χ3n) is 3.20. The molecule has 0 aliphatic heterocycles. The topological polar surface area (TPSA) is 42.4 Å². The Morgan fingerprint density at radius 2 is 1.74 bits per heavy atom. The molecule has 0 unspecified atom stereocenters. The van der Waals surface area contributed by atoms with Crippen LogP contribution < -0.4 is 4.74 Å². The molecule has 1 N–H and O–H groups in total. The molecule has 0 radical (unpaired) electrons. The molecule has 1 heterocycles. The number of benzene rings is 2. The Morgan fingerprint density at radius 3 is 2.43 bits per heavy atom. The van der Waals surface area contributed by atoms with Crippen LogP contribution in [0.15, 0.2) is 48.7 Å². The fraction of sp³-hybridized carbons (Fsp3) is 0.0625. The molecule has 3 nitrogen and oxygen atoms in total. The zero-order valence-electron chi connectivity index (χ0n) is 11.4. The van der Waals surface area contributed by atoms with Crippen molar-refractivity contribution in [2.75, 3.05) is 0 Å². The Bertz CT molecular complexity index is 881. The van der Waals surface area contributed by atoms with E-state index in [-0.39, 0.29) is 16.7 Å². The van der Waals surface area contributed by atoms with Gasteiger partial charge in [0.15, 0.2) is 0 Å². The highest BCUT2D eigenvalue weighted by atomic mass is 35.5. The average Bonchev–Trinajstić information content (AvgIpc) is 2.49. The van der Waals surface area contributed by atoms with Crippen molar-refractivity contribution in [1.29, 1.82) is 0 Å². The Labute approximate surface area is 133 Å². The number of hydrogen-bond acceptors (Lipinski definition) is 3. The van der Waals surface area contributed by atoms with Crippen LogP contribution in [0, 0.1) is 0 Å². The molecule has 0 saturated carbocycles. The minimum absolute atomic E-state index is 0.0689. The minimum atomic E-state index is -4.53. The molecule has 118 valence electrons. The summed E-state index contributed by atoms with van der Waals surface area (Å²) in [5.41, 5.74) is -0.953. The van der Waals surface area contributed by atoms with Gasteiger partial charge in [0.25, 0.3) is 0 Å². The van der Waals surface area contributed by atoms with Crippen LogP contribution in [0.5, 0.6) is 17.4 Å². The molecule has 0 atom stereocenters. The van der Waals surface area contributed by atoms with E-state index in [1.807, 2.05) is 0 Å². The molecule has 3 aromatic rings. The number of hydrogen-bond donors (Lipinski definition) is 1. The van der Waals surface area contributed by atoms with Crippen LogP contribution >= 0.6 is 11.6 Å². The minimum Gasteiger partial charge on any atom is -0.507 e. The van der Waals surface area contributed by atoms with Crippen molar-refractivity contribution >= 4 is 22.4 Å². The SMILES string of the molecule is Oc1cccc2c(Oc3ncc(C(F)(F)F)cc3Cl)cccc12. The smallest absolute Gasteiger partial charge is 0.417 e. The second-order valence-electron chi connectivity index (χ2n) is 4.74. The van der Waals surface area contributed by atoms with Gasteiger partial charge in [-0.05, 0) is 18.2 Å². The highest BCUT2D eigenvalue weighted by Crippen LogP contribution is 2.37. The molecule has 0 saturated heterocycles. The number of pyridine rings is 1. The van der Waals surface area contributed by atoms with Gasteiger partial charge in [-0.2, -0.15) is 13.2 Å². The highest BCUT2D eigenvalue weighted by molar-refractivity contribution is 6.31. The summed E-state index contributed by atoms with van der Waals surface area (Å²) in [6.45, 7) is 0. The quantitative estimate of drug-likeness (QED) is 0.679. The van der Waals surface area contributed by atoms with Gasteiger partial charge in [-0.3, -0.25) is 0 Å². The first-order valence-electron chi connectivity index (χ1n) is 6.47. The molecular weight excluding hydrogens is 331 g/mol. The Kier molecular flexibility index (Phi) is 3.77. The fourth-order valence-electron chi connectivity index (χ4n) is 2.11. The molecule has 2 aromatic carbocycles. The lowest BCUT2D eigenvalue weighted by molar-refractivity contribution is -0.137. The first kappa shape index (κ1) is 15.4. The molecule has 0 bridgehead atoms. The van der Waals surface area contributed by atoms with Gasteiger partial charge in [0.05, 0.1) is 5.56 Å². The number of aromatic nitrogens is 1. The predicted molar refractivity (Wildman–Crippen MR) is 79.9 cm³/mol. The third-order valence-corrected chi connectivity index (χ3v) is 3.47. The lowest BCUT2D eigenvalue weighted by atomic mass is 10.1. The number of aromatic hydroxyl groups is 1. The zero-order chi connectivity index (χ0) is 16.6. The molecule has 23 heavy (non-hydrogen) atoms. The molecule has 0 aliphatic carbocycles. The van der Waals surface area contributed by atoms with E-state index in [4.69, 9.17) is 16.3 Å². The summed E-state index contributed by atoms with van der Waals surface area (Å²) in [5.74, 6) is 0.252. The number of nitrogens with zero attached hydrogens (tertiary/aromatic N) is 1. The molecule has 0 aliphatic rings. The summed E-state index contributed by atoms with van der Waals surface area (Å²) in [6, 6.07) is 10.6. The Morgan fingerprint density at radius 1 is 1.04 bits per heavy atom. The molecular formula is C16H9ClF3NO2. The van der Waals surface area contributed by atoms with Crippen molar-refractivity contribution in [3.63, 3.8) is 0 Å². The van der Waals surface area contributed by atoms with Crippen LogP contribution in [0.25, 0.3) is 10.8 Å². The maximum atomic E-state index is 12.6. The van der Waals surface area contributed by atoms with E-state index in [1.54, 1.807) is 30.3 Å². The number of fused-ring (bicyclic) bond motifs is 1. The summed E-state index contributed by atoms with van der Waals surface area (Å²) in [7, 11) is 0. The van der Waals surface area contributed by atoms with Gasteiger partial charge in [-0.15, -0.1) is 0 Å². The van der Waals surface area contributed by atoms with E-state index in [2.05, 4.69) is 4.98 Å². The Hall–Kier alpha value is -2.47. The summed E-state index contributed by atoms with van der Waals surface area (Å²) in [6.07, 6.45) is -3.87. The monoisotopic (exact) mass is 339 g/mol. The van der Waals surface area contributed by atoms with Gasteiger partial charge in [0.1, 0.15) is 16.5 Å². The van der Waals surface area contributed by atoms with Gasteiger partial charge in [-0.25, -0.2) is 4.98 Å². The van der Waals surface area contributed by atoms with E-state index in [0.29, 0.717) is 22.7 Å². The molecule has 0 fully saturated rings. The molecule has 7 heteroatoms. The van der Waals surface area contributed by atoms with Crippen molar-refractivity contribution < 1.29 is 23.0 Å². The summed E-state index contributed by atoms with van der Waals surface area (Å²) >= 11 is 5.83. The second kappa shape index (κ2) is 5.62. The van der Waals surface area contributed by atoms with Crippen LogP contribution in [-0.2, 0) is 6.18 Å². The van der Waals surface area contributed by atoms with Crippen LogP contribution in [0.1, 0.15) is 5.56 Å². The lowest BCUT2D eigenvalue weighted by Gasteiger charge is -2.12. The van der Waals surface area contributed by atoms with Crippen LogP contribution in [0.3, 0.4) is 0 Å². The third kappa shape index (κ3) is 3.03. The zero-order valence-corrected chi connectivity index (χ0v) is 12.2. The Balaban J connectivity index is 2.02. The molecule has 1 aromatic heterocycles. The maximum absolute atomic E-state index is 12.6. The molecule has 0 amide bonds. The summed E-state index contributed by atoms with van der Waals surface area (Å²) in [4.78, 5) is 3.63. The van der Waals surface area contributed by atoms with Crippen LogP contribution in [0.4, 0.5) is 13.2 Å². The van der Waals surface area contributed by atoms with E-state index in [9.17, 15) is 18.3 Å². The number of ether oxygens (including phenoxy) is 1. The van der Waals surface area contributed by atoms with Crippen molar-refractivity contribution in [1.82, 2.24) is 4.98 Å². The summed E-state index contributed by atoms with van der Waals surface area (Å²) < 4.78 is 43.4. The van der Waals surface area contributed by atoms with E-state index < -0.39 is 11.7 Å². The van der Waals surface area contributed by atoms with Crippen LogP contribution in [-0.4, -0.2) is 10.1 Å². The summed E-state index contributed by atoms with van der Waals surface area (Å²) in [5, 5.41) is 10.7. The number of alkyl halides is 3. The average molecular weight is 340 g/mol. The van der Waals surface area contributed by atoms with Gasteiger partial charge in [0, 0.05) is 17.0 Å². The van der Waals surface area contributed by atoms with Gasteiger partial charge in [0.2, 0.25) is 5.88 Å². The highest BCUT2D eigenvalue weighted by Gasteiger charge is 2.31. The van der Waals surface area contributed by atoms with Crippen molar-refractivity contribution in [3.05, 3.63) is 59.2 Å². The van der Waals surface area contributed by atoms with Gasteiger partial charge < -0.3 is 9.84 Å². The van der Waals surface area contributed by atoms with Gasteiger partial charge >= 0.3 is 6.18 Å². The predicted octanol–water partition coefficient (Wildman–Crippen LogP) is 5.40. The lowest BCUT2D eigenvalue weighted by Crippen LogP contribution is -2.05. The first-order chi connectivity index (χ1) is 10.9. The number of halogens is 4. The largest absolute Gasteiger partial charge is 0.507 e. The fourth-order valence-corrected chi connectivity index (χ4v) is 2.32. The van der Waals surface area contributed by atoms with Crippen LogP contribution in [0.2, 0.25) is 5.02 Å².